The number of halogens is 2. The number of benzene rings is 2. The molecule has 1 N–H and O–H groups in total. The van der Waals surface area contributed by atoms with E-state index < -0.39 is 24.1 Å². The second-order valence-corrected chi connectivity index (χ2v) is 6.56. The normalized spacial score (nSPS) is 12.8. The molecule has 0 saturated carbocycles. The Balaban J connectivity index is 1.93. The molecule has 0 aliphatic carbocycles. The van der Waals surface area contributed by atoms with Gasteiger partial charge in [-0.25, -0.2) is 4.79 Å². The van der Waals surface area contributed by atoms with Crippen LogP contribution in [0.4, 0.5) is 5.69 Å². The van der Waals surface area contributed by atoms with Gasteiger partial charge in [0.1, 0.15) is 5.75 Å². The fourth-order valence-electron chi connectivity index (χ4n) is 2.08. The summed E-state index contributed by atoms with van der Waals surface area (Å²) in [5.74, 6) is -0.801. The topological polar surface area (TPSA) is 64.6 Å². The summed E-state index contributed by atoms with van der Waals surface area (Å²) in [7, 11) is 0. The molecule has 0 saturated heterocycles. The quantitative estimate of drug-likeness (QED) is 0.723. The molecular weight excluding hydrogens is 377 g/mol. The van der Waals surface area contributed by atoms with Crippen LogP contribution in [0.5, 0.6) is 5.75 Å². The highest BCUT2D eigenvalue weighted by atomic mass is 35.5. The van der Waals surface area contributed by atoms with Crippen molar-refractivity contribution in [2.24, 2.45) is 0 Å². The summed E-state index contributed by atoms with van der Waals surface area (Å²) in [4.78, 5) is 24.4. The lowest BCUT2D eigenvalue weighted by Gasteiger charge is -2.18. The van der Waals surface area contributed by atoms with Gasteiger partial charge in [-0.15, -0.1) is 0 Å². The average Bonchev–Trinajstić information content (AvgIpc) is 2.59. The first-order chi connectivity index (χ1) is 12.3. The summed E-state index contributed by atoms with van der Waals surface area (Å²) in [5, 5.41) is 3.46. The van der Waals surface area contributed by atoms with E-state index in [-0.39, 0.29) is 5.02 Å². The first-order valence-corrected chi connectivity index (χ1v) is 8.72. The molecule has 0 aliphatic heterocycles. The van der Waals surface area contributed by atoms with Crippen LogP contribution in [-0.2, 0) is 14.3 Å². The van der Waals surface area contributed by atoms with E-state index >= 15 is 0 Å². The predicted octanol–water partition coefficient (Wildman–Crippen LogP) is 4.64. The lowest BCUT2D eigenvalue weighted by molar-refractivity contribution is -0.159. The molecule has 0 radical (unpaired) electrons. The number of aryl methyl sites for hydroxylation is 1. The van der Waals surface area contributed by atoms with Gasteiger partial charge in [0.15, 0.2) is 12.2 Å². The maximum atomic E-state index is 12.2. The van der Waals surface area contributed by atoms with E-state index in [0.29, 0.717) is 16.5 Å². The van der Waals surface area contributed by atoms with Crippen LogP contribution in [0.25, 0.3) is 0 Å². The van der Waals surface area contributed by atoms with E-state index in [4.69, 9.17) is 32.7 Å². The van der Waals surface area contributed by atoms with Crippen molar-refractivity contribution < 1.29 is 19.1 Å². The monoisotopic (exact) mass is 395 g/mol. The highest BCUT2D eigenvalue weighted by Crippen LogP contribution is 2.28. The summed E-state index contributed by atoms with van der Waals surface area (Å²) in [6.07, 6.45) is -1.92. The van der Waals surface area contributed by atoms with Crippen molar-refractivity contribution in [1.82, 2.24) is 0 Å². The standard InChI is InChI=1S/C19H19Cl2NO4/c1-11-6-4-5-7-16(11)22-18(23)12(2)26-19(24)13(3)25-17-9-8-14(20)10-15(17)21/h4-10,12-13H,1-3H3,(H,22,23). The minimum Gasteiger partial charge on any atom is -0.477 e. The van der Waals surface area contributed by atoms with Crippen LogP contribution in [0.2, 0.25) is 10.0 Å². The molecule has 1 amide bonds. The summed E-state index contributed by atoms with van der Waals surface area (Å²) in [6, 6.07) is 12.0. The minimum absolute atomic E-state index is 0.280. The second kappa shape index (κ2) is 8.92. The molecule has 0 aromatic heterocycles. The van der Waals surface area contributed by atoms with Crippen molar-refractivity contribution in [3.8, 4) is 5.75 Å². The number of hydrogen-bond acceptors (Lipinski definition) is 4. The highest BCUT2D eigenvalue weighted by Gasteiger charge is 2.24. The molecule has 0 fully saturated rings. The minimum atomic E-state index is -0.978. The number of nitrogens with one attached hydrogen (secondary N) is 1. The van der Waals surface area contributed by atoms with Crippen molar-refractivity contribution in [1.29, 1.82) is 0 Å². The van der Waals surface area contributed by atoms with Gasteiger partial charge in [0, 0.05) is 10.7 Å². The van der Waals surface area contributed by atoms with Crippen molar-refractivity contribution >= 4 is 40.8 Å². The Bertz CT molecular complexity index is 810. The number of esters is 1. The Hall–Kier alpha value is -2.24. The van der Waals surface area contributed by atoms with Gasteiger partial charge in [-0.3, -0.25) is 4.79 Å². The average molecular weight is 396 g/mol. The lowest BCUT2D eigenvalue weighted by Crippen LogP contribution is -2.35. The molecule has 2 atom stereocenters. The zero-order valence-corrected chi connectivity index (χ0v) is 16.1. The molecule has 5 nitrogen and oxygen atoms in total. The molecule has 7 heteroatoms. The van der Waals surface area contributed by atoms with Gasteiger partial charge in [0.05, 0.1) is 5.02 Å². The lowest BCUT2D eigenvalue weighted by atomic mass is 10.2. The maximum absolute atomic E-state index is 12.2. The van der Waals surface area contributed by atoms with E-state index in [1.807, 2.05) is 25.1 Å². The van der Waals surface area contributed by atoms with E-state index in [1.165, 1.54) is 19.9 Å². The first-order valence-electron chi connectivity index (χ1n) is 7.96. The smallest absolute Gasteiger partial charge is 0.347 e. The molecule has 0 aliphatic rings. The molecule has 0 bridgehead atoms. The second-order valence-electron chi connectivity index (χ2n) is 5.72. The maximum Gasteiger partial charge on any atom is 0.347 e. The van der Waals surface area contributed by atoms with Gasteiger partial charge < -0.3 is 14.8 Å². The predicted molar refractivity (Wildman–Crippen MR) is 102 cm³/mol. The number of hydrogen-bond donors (Lipinski definition) is 1. The fourth-order valence-corrected chi connectivity index (χ4v) is 2.53. The molecule has 2 aromatic rings. The van der Waals surface area contributed by atoms with Crippen molar-refractivity contribution in [3.05, 3.63) is 58.1 Å². The SMILES string of the molecule is Cc1ccccc1NC(=O)C(C)OC(=O)C(C)Oc1ccc(Cl)cc1Cl. The number of para-hydroxylation sites is 1. The number of ether oxygens (including phenoxy) is 2. The van der Waals surface area contributed by atoms with Crippen LogP contribution < -0.4 is 10.1 Å². The Morgan fingerprint density at radius 3 is 2.38 bits per heavy atom. The van der Waals surface area contributed by atoms with Crippen LogP contribution in [0.15, 0.2) is 42.5 Å². The third-order valence-corrected chi connectivity index (χ3v) is 4.13. The summed E-state index contributed by atoms with van der Waals surface area (Å²) in [6.45, 7) is 4.88. The van der Waals surface area contributed by atoms with Gasteiger partial charge in [-0.2, -0.15) is 0 Å². The van der Waals surface area contributed by atoms with Crippen LogP contribution in [0.3, 0.4) is 0 Å². The van der Waals surface area contributed by atoms with E-state index in [2.05, 4.69) is 5.32 Å². The van der Waals surface area contributed by atoms with E-state index in [9.17, 15) is 9.59 Å². The molecular formula is C19H19Cl2NO4. The van der Waals surface area contributed by atoms with Gasteiger partial charge in [-0.05, 0) is 50.6 Å². The van der Waals surface area contributed by atoms with Crippen molar-refractivity contribution in [3.63, 3.8) is 0 Å². The summed E-state index contributed by atoms with van der Waals surface area (Å²) in [5.41, 5.74) is 1.58. The van der Waals surface area contributed by atoms with Crippen molar-refractivity contribution in [2.45, 2.75) is 33.0 Å². The van der Waals surface area contributed by atoms with Gasteiger partial charge >= 0.3 is 5.97 Å². The molecule has 26 heavy (non-hydrogen) atoms. The largest absolute Gasteiger partial charge is 0.477 e. The molecule has 0 heterocycles. The van der Waals surface area contributed by atoms with E-state index in [1.54, 1.807) is 18.2 Å². The third kappa shape index (κ3) is 5.38. The third-order valence-electron chi connectivity index (χ3n) is 3.59. The van der Waals surface area contributed by atoms with Crippen LogP contribution in [0, 0.1) is 6.92 Å². The highest BCUT2D eigenvalue weighted by molar-refractivity contribution is 6.35. The molecule has 138 valence electrons. The molecule has 0 spiro atoms. The number of rotatable bonds is 6. The summed E-state index contributed by atoms with van der Waals surface area (Å²) < 4.78 is 10.7. The Morgan fingerprint density at radius 2 is 1.73 bits per heavy atom. The summed E-state index contributed by atoms with van der Waals surface area (Å²) >= 11 is 11.8. The van der Waals surface area contributed by atoms with Crippen LogP contribution in [-0.4, -0.2) is 24.1 Å². The number of carbonyl (C=O) groups is 2. The Kier molecular flexibility index (Phi) is 6.89. The van der Waals surface area contributed by atoms with Gasteiger partial charge in [0.25, 0.3) is 5.91 Å². The van der Waals surface area contributed by atoms with Crippen LogP contribution in [0.1, 0.15) is 19.4 Å². The Morgan fingerprint density at radius 1 is 1.04 bits per heavy atom. The van der Waals surface area contributed by atoms with E-state index in [0.717, 1.165) is 5.56 Å². The Labute approximate surface area is 162 Å². The van der Waals surface area contributed by atoms with Crippen molar-refractivity contribution in [2.75, 3.05) is 5.32 Å². The van der Waals surface area contributed by atoms with Crippen LogP contribution >= 0.6 is 23.2 Å². The van der Waals surface area contributed by atoms with Gasteiger partial charge in [-0.1, -0.05) is 41.4 Å². The number of anilines is 1. The number of carbonyl (C=O) groups excluding carboxylic acids is 2. The molecule has 2 aromatic carbocycles. The zero-order valence-electron chi connectivity index (χ0n) is 14.6. The molecule has 2 rings (SSSR count). The van der Waals surface area contributed by atoms with Gasteiger partial charge in [0.2, 0.25) is 0 Å². The first kappa shape index (κ1) is 20.1. The fraction of sp³-hybridized carbons (Fsp3) is 0.263. The number of amides is 1. The zero-order chi connectivity index (χ0) is 19.3. The molecule has 2 unspecified atom stereocenters.